The highest BCUT2D eigenvalue weighted by molar-refractivity contribution is 7.15. The lowest BCUT2D eigenvalue weighted by atomic mass is 10.4. The summed E-state index contributed by atoms with van der Waals surface area (Å²) in [5.41, 5.74) is 0.918. The molecule has 0 saturated carbocycles. The van der Waals surface area contributed by atoms with Crippen LogP contribution in [0.5, 0.6) is 0 Å². The average Bonchev–Trinajstić information content (AvgIpc) is 2.94. The lowest BCUT2D eigenvalue weighted by Crippen LogP contribution is -2.38. The lowest BCUT2D eigenvalue weighted by Gasteiger charge is -2.09. The molecule has 19 heavy (non-hydrogen) atoms. The molecule has 102 valence electrons. The number of nitrogens with one attached hydrogen (secondary N) is 2. The third kappa shape index (κ3) is 3.57. The van der Waals surface area contributed by atoms with E-state index in [2.05, 4.69) is 15.6 Å². The van der Waals surface area contributed by atoms with E-state index in [0.717, 1.165) is 21.3 Å². The second-order valence-electron chi connectivity index (χ2n) is 4.49. The Bertz CT molecular complexity index is 546. The first-order valence-electron chi connectivity index (χ1n) is 6.11. The fourth-order valence-corrected chi connectivity index (χ4v) is 2.54. The summed E-state index contributed by atoms with van der Waals surface area (Å²) in [6.45, 7) is 6.25. The Balaban J connectivity index is 2.00. The molecular formula is C13H17N3O2S. The number of hydrogen-bond donors (Lipinski definition) is 2. The highest BCUT2D eigenvalue weighted by Crippen LogP contribution is 2.27. The topological polar surface area (TPSA) is 67.2 Å². The van der Waals surface area contributed by atoms with Crippen LogP contribution in [-0.4, -0.2) is 17.1 Å². The summed E-state index contributed by atoms with van der Waals surface area (Å²) in [4.78, 5) is 17.0. The van der Waals surface area contributed by atoms with Gasteiger partial charge in [-0.05, 0) is 32.9 Å². The molecule has 0 aliphatic heterocycles. The number of nitrogens with zero attached hydrogens (tertiary/aromatic N) is 1. The van der Waals surface area contributed by atoms with Gasteiger partial charge in [0, 0.05) is 10.9 Å². The fourth-order valence-electron chi connectivity index (χ4n) is 1.57. The van der Waals surface area contributed by atoms with E-state index >= 15 is 0 Å². The van der Waals surface area contributed by atoms with Crippen LogP contribution in [0.25, 0.3) is 10.8 Å². The van der Waals surface area contributed by atoms with Crippen LogP contribution in [-0.2, 0) is 6.54 Å². The quantitative estimate of drug-likeness (QED) is 0.904. The van der Waals surface area contributed by atoms with Crippen molar-refractivity contribution in [2.75, 3.05) is 0 Å². The van der Waals surface area contributed by atoms with Crippen molar-refractivity contribution in [3.05, 3.63) is 29.0 Å². The molecule has 2 aromatic heterocycles. The number of thiazole rings is 1. The molecule has 2 heterocycles. The summed E-state index contributed by atoms with van der Waals surface area (Å²) in [5, 5.41) is 6.44. The molecule has 5 nitrogen and oxygen atoms in total. The number of aromatic nitrogens is 1. The third-order valence-corrected chi connectivity index (χ3v) is 3.63. The van der Waals surface area contributed by atoms with Gasteiger partial charge in [0.1, 0.15) is 0 Å². The van der Waals surface area contributed by atoms with Crippen molar-refractivity contribution in [3.8, 4) is 10.8 Å². The van der Waals surface area contributed by atoms with Crippen molar-refractivity contribution in [2.24, 2.45) is 0 Å². The number of urea groups is 1. The number of carbonyl (C=O) groups is 1. The SMILES string of the molecule is Cc1nc(-c2ccco2)sc1CNC(=O)NC(C)C. The van der Waals surface area contributed by atoms with Gasteiger partial charge in [-0.3, -0.25) is 0 Å². The first-order chi connectivity index (χ1) is 9.06. The molecule has 0 spiro atoms. The van der Waals surface area contributed by atoms with Gasteiger partial charge in [-0.25, -0.2) is 9.78 Å². The van der Waals surface area contributed by atoms with Gasteiger partial charge in [-0.15, -0.1) is 11.3 Å². The zero-order chi connectivity index (χ0) is 13.8. The van der Waals surface area contributed by atoms with Gasteiger partial charge in [0.15, 0.2) is 10.8 Å². The van der Waals surface area contributed by atoms with Crippen LogP contribution < -0.4 is 10.6 Å². The predicted octanol–water partition coefficient (Wildman–Crippen LogP) is 2.92. The number of furan rings is 1. The Labute approximate surface area is 116 Å². The molecule has 0 fully saturated rings. The van der Waals surface area contributed by atoms with E-state index in [4.69, 9.17) is 4.42 Å². The molecule has 0 aliphatic rings. The number of carbonyl (C=O) groups excluding carboxylic acids is 1. The van der Waals surface area contributed by atoms with Crippen molar-refractivity contribution in [1.82, 2.24) is 15.6 Å². The minimum absolute atomic E-state index is 0.126. The van der Waals surface area contributed by atoms with Crippen LogP contribution in [0.15, 0.2) is 22.8 Å². The highest BCUT2D eigenvalue weighted by Gasteiger charge is 2.12. The molecule has 0 unspecified atom stereocenters. The van der Waals surface area contributed by atoms with Crippen LogP contribution in [0.3, 0.4) is 0 Å². The van der Waals surface area contributed by atoms with Crippen LogP contribution >= 0.6 is 11.3 Å². The molecule has 0 saturated heterocycles. The number of amides is 2. The maximum Gasteiger partial charge on any atom is 0.315 e. The maximum atomic E-state index is 11.5. The van der Waals surface area contributed by atoms with Gasteiger partial charge in [0.05, 0.1) is 18.5 Å². The van der Waals surface area contributed by atoms with Crippen LogP contribution in [0, 0.1) is 6.92 Å². The fraction of sp³-hybridized carbons (Fsp3) is 0.385. The summed E-state index contributed by atoms with van der Waals surface area (Å²) in [6, 6.07) is 3.67. The van der Waals surface area contributed by atoms with Gasteiger partial charge in [-0.2, -0.15) is 0 Å². The van der Waals surface area contributed by atoms with E-state index < -0.39 is 0 Å². The van der Waals surface area contributed by atoms with E-state index in [-0.39, 0.29) is 12.1 Å². The summed E-state index contributed by atoms with van der Waals surface area (Å²) < 4.78 is 5.31. The van der Waals surface area contributed by atoms with Crippen molar-refractivity contribution in [2.45, 2.75) is 33.4 Å². The Morgan fingerprint density at radius 2 is 2.32 bits per heavy atom. The molecule has 2 aromatic rings. The van der Waals surface area contributed by atoms with Crippen molar-refractivity contribution >= 4 is 17.4 Å². The van der Waals surface area contributed by atoms with Gasteiger partial charge >= 0.3 is 6.03 Å². The first-order valence-corrected chi connectivity index (χ1v) is 6.92. The molecule has 2 amide bonds. The Kier molecular flexibility index (Phi) is 4.21. The predicted molar refractivity (Wildman–Crippen MR) is 75.1 cm³/mol. The first kappa shape index (κ1) is 13.6. The van der Waals surface area contributed by atoms with Crippen LogP contribution in [0.2, 0.25) is 0 Å². The summed E-state index contributed by atoms with van der Waals surface area (Å²) >= 11 is 1.53. The van der Waals surface area contributed by atoms with Gasteiger partial charge in [-0.1, -0.05) is 0 Å². The van der Waals surface area contributed by atoms with E-state index in [1.807, 2.05) is 32.9 Å². The normalized spacial score (nSPS) is 10.7. The van der Waals surface area contributed by atoms with E-state index in [1.54, 1.807) is 6.26 Å². The summed E-state index contributed by atoms with van der Waals surface area (Å²) in [6.07, 6.45) is 1.63. The smallest absolute Gasteiger partial charge is 0.315 e. The van der Waals surface area contributed by atoms with Crippen LogP contribution in [0.4, 0.5) is 4.79 Å². The molecule has 0 bridgehead atoms. The second kappa shape index (κ2) is 5.88. The molecule has 0 aromatic carbocycles. The lowest BCUT2D eigenvalue weighted by molar-refractivity contribution is 0.238. The molecule has 2 N–H and O–H groups in total. The summed E-state index contributed by atoms with van der Waals surface area (Å²) in [5.74, 6) is 0.756. The minimum atomic E-state index is -0.164. The molecule has 0 aliphatic carbocycles. The van der Waals surface area contributed by atoms with E-state index in [1.165, 1.54) is 11.3 Å². The Hall–Kier alpha value is -1.82. The third-order valence-electron chi connectivity index (χ3n) is 2.45. The summed E-state index contributed by atoms with van der Waals surface area (Å²) in [7, 11) is 0. The number of aryl methyl sites for hydroxylation is 1. The van der Waals surface area contributed by atoms with Crippen molar-refractivity contribution in [3.63, 3.8) is 0 Å². The Morgan fingerprint density at radius 1 is 1.53 bits per heavy atom. The average molecular weight is 279 g/mol. The zero-order valence-electron chi connectivity index (χ0n) is 11.2. The zero-order valence-corrected chi connectivity index (χ0v) is 12.0. The molecule has 0 radical (unpaired) electrons. The van der Waals surface area contributed by atoms with E-state index in [9.17, 15) is 4.79 Å². The van der Waals surface area contributed by atoms with Crippen LogP contribution in [0.1, 0.15) is 24.4 Å². The van der Waals surface area contributed by atoms with Gasteiger partial charge in [0.2, 0.25) is 0 Å². The number of hydrogen-bond acceptors (Lipinski definition) is 4. The monoisotopic (exact) mass is 279 g/mol. The van der Waals surface area contributed by atoms with E-state index in [0.29, 0.717) is 6.54 Å². The highest BCUT2D eigenvalue weighted by atomic mass is 32.1. The maximum absolute atomic E-state index is 11.5. The molecule has 6 heteroatoms. The molecule has 0 atom stereocenters. The van der Waals surface area contributed by atoms with Gasteiger partial charge < -0.3 is 15.1 Å². The second-order valence-corrected chi connectivity index (χ2v) is 5.57. The molecular weight excluding hydrogens is 262 g/mol. The number of rotatable bonds is 4. The van der Waals surface area contributed by atoms with Gasteiger partial charge in [0.25, 0.3) is 0 Å². The molecule has 2 rings (SSSR count). The minimum Gasteiger partial charge on any atom is -0.462 e. The Morgan fingerprint density at radius 3 is 2.95 bits per heavy atom. The van der Waals surface area contributed by atoms with Crippen molar-refractivity contribution in [1.29, 1.82) is 0 Å². The standard InChI is InChI=1S/C13H17N3O2S/c1-8(2)15-13(17)14-7-11-9(3)16-12(19-11)10-5-4-6-18-10/h4-6,8H,7H2,1-3H3,(H2,14,15,17). The largest absolute Gasteiger partial charge is 0.462 e. The van der Waals surface area contributed by atoms with Crippen molar-refractivity contribution < 1.29 is 9.21 Å².